The molecule has 0 fully saturated rings. The van der Waals surface area contributed by atoms with Gasteiger partial charge in [-0.15, -0.1) is 0 Å². The van der Waals surface area contributed by atoms with E-state index in [4.69, 9.17) is 5.10 Å². The Labute approximate surface area is 338 Å². The predicted octanol–water partition coefficient (Wildman–Crippen LogP) is 14.3. The number of hydrogen-bond acceptors (Lipinski definition) is 1. The summed E-state index contributed by atoms with van der Waals surface area (Å²) >= 11 is 0. The molecule has 0 radical (unpaired) electrons. The minimum atomic E-state index is -0.215. The molecule has 2 heteroatoms. The van der Waals surface area contributed by atoms with Gasteiger partial charge >= 0.3 is 0 Å². The number of fused-ring (bicyclic) bond motifs is 13. The standard InChI is InChI=1S/C56H40N2/c1-55(2)49-32-28-38-13-7-8-16-42(38)51(49)52-45-18-9-10-19-46(45)54-47(53(52)55)34-57-58(54)41-29-25-36(26-30-41)35-21-23-37(24-22-35)39-27-31-44-43-17-11-12-20-48(43)56(3,50(44)33-39)40-14-5-4-6-15-40/h4-34H,1-3H3. The van der Waals surface area contributed by atoms with E-state index in [2.05, 4.69) is 214 Å². The molecule has 0 aliphatic heterocycles. The summed E-state index contributed by atoms with van der Waals surface area (Å²) < 4.78 is 2.15. The van der Waals surface area contributed by atoms with E-state index in [-0.39, 0.29) is 10.8 Å². The van der Waals surface area contributed by atoms with Gasteiger partial charge in [0.15, 0.2) is 0 Å². The maximum atomic E-state index is 5.12. The van der Waals surface area contributed by atoms with E-state index < -0.39 is 0 Å². The highest BCUT2D eigenvalue weighted by Crippen LogP contribution is 2.57. The third-order valence-electron chi connectivity index (χ3n) is 13.5. The SMILES string of the molecule is CC1(C)c2ccc3ccccc3c2-c2c1c1cnn(-c3ccc(-c4ccc(-c5ccc6c(c5)C(C)(c5ccccc5)c5ccccc5-6)cc4)cc3)c1c1ccccc21. The normalized spacial score (nSPS) is 16.1. The van der Waals surface area contributed by atoms with Gasteiger partial charge in [-0.05, 0) is 114 Å². The highest BCUT2D eigenvalue weighted by Gasteiger charge is 2.42. The molecule has 2 aliphatic carbocycles. The molecule has 1 heterocycles. The molecule has 0 saturated heterocycles. The summed E-state index contributed by atoms with van der Waals surface area (Å²) in [5, 5.41) is 11.4. The summed E-state index contributed by atoms with van der Waals surface area (Å²) in [6.45, 7) is 7.14. The lowest BCUT2D eigenvalue weighted by atomic mass is 9.74. The Morgan fingerprint density at radius 2 is 1.03 bits per heavy atom. The summed E-state index contributed by atoms with van der Waals surface area (Å²) in [7, 11) is 0. The molecule has 0 N–H and O–H groups in total. The fourth-order valence-electron chi connectivity index (χ4n) is 10.7. The molecule has 2 nitrogen and oxygen atoms in total. The van der Waals surface area contributed by atoms with Gasteiger partial charge in [-0.25, -0.2) is 4.68 Å². The van der Waals surface area contributed by atoms with Crippen molar-refractivity contribution in [3.63, 3.8) is 0 Å². The first-order chi connectivity index (χ1) is 28.4. The Kier molecular flexibility index (Phi) is 6.85. The monoisotopic (exact) mass is 740 g/mol. The van der Waals surface area contributed by atoms with Crippen LogP contribution in [0.5, 0.6) is 0 Å². The average Bonchev–Trinajstić information content (AvgIpc) is 3.91. The first-order valence-electron chi connectivity index (χ1n) is 20.4. The molecule has 0 saturated carbocycles. The van der Waals surface area contributed by atoms with Crippen molar-refractivity contribution in [2.75, 3.05) is 0 Å². The van der Waals surface area contributed by atoms with Crippen molar-refractivity contribution >= 4 is 32.4 Å². The fourth-order valence-corrected chi connectivity index (χ4v) is 10.7. The van der Waals surface area contributed by atoms with Gasteiger partial charge in [0.05, 0.1) is 17.4 Å². The van der Waals surface area contributed by atoms with Crippen molar-refractivity contribution in [3.05, 3.63) is 216 Å². The Morgan fingerprint density at radius 1 is 0.431 bits per heavy atom. The number of nitrogens with zero attached hydrogens (tertiary/aromatic N) is 2. The van der Waals surface area contributed by atoms with E-state index in [9.17, 15) is 0 Å². The van der Waals surface area contributed by atoms with Crippen molar-refractivity contribution in [1.29, 1.82) is 0 Å². The molecule has 12 rings (SSSR count). The van der Waals surface area contributed by atoms with Crippen molar-refractivity contribution in [1.82, 2.24) is 9.78 Å². The van der Waals surface area contributed by atoms with Gasteiger partial charge in [0.2, 0.25) is 0 Å². The van der Waals surface area contributed by atoms with E-state index in [1.165, 1.54) is 99.3 Å². The van der Waals surface area contributed by atoms with E-state index in [0.717, 1.165) is 11.2 Å². The van der Waals surface area contributed by atoms with Crippen LogP contribution >= 0.6 is 0 Å². The largest absolute Gasteiger partial charge is 0.232 e. The highest BCUT2D eigenvalue weighted by molar-refractivity contribution is 6.20. The van der Waals surface area contributed by atoms with Crippen LogP contribution in [0.1, 0.15) is 48.6 Å². The van der Waals surface area contributed by atoms with Gasteiger partial charge in [0.25, 0.3) is 0 Å². The molecule has 1 unspecified atom stereocenters. The number of rotatable bonds is 4. The van der Waals surface area contributed by atoms with E-state index >= 15 is 0 Å². The second-order valence-electron chi connectivity index (χ2n) is 16.9. The van der Waals surface area contributed by atoms with Gasteiger partial charge in [-0.1, -0.05) is 178 Å². The lowest BCUT2D eigenvalue weighted by molar-refractivity contribution is 0.667. The van der Waals surface area contributed by atoms with Gasteiger partial charge in [0.1, 0.15) is 0 Å². The van der Waals surface area contributed by atoms with Gasteiger partial charge in [-0.3, -0.25) is 0 Å². The van der Waals surface area contributed by atoms with Gasteiger partial charge in [-0.2, -0.15) is 5.10 Å². The molecule has 0 bridgehead atoms. The van der Waals surface area contributed by atoms with Gasteiger partial charge < -0.3 is 0 Å². The summed E-state index contributed by atoms with van der Waals surface area (Å²) in [5.41, 5.74) is 18.8. The smallest absolute Gasteiger partial charge is 0.0822 e. The summed E-state index contributed by atoms with van der Waals surface area (Å²) in [5.74, 6) is 0. The van der Waals surface area contributed by atoms with E-state index in [1.807, 2.05) is 0 Å². The number of benzene rings is 9. The second-order valence-corrected chi connectivity index (χ2v) is 16.9. The maximum absolute atomic E-state index is 5.12. The zero-order valence-electron chi connectivity index (χ0n) is 32.8. The summed E-state index contributed by atoms with van der Waals surface area (Å²) in [6, 6.07) is 67.2. The van der Waals surface area contributed by atoms with Crippen molar-refractivity contribution in [2.24, 2.45) is 0 Å². The molecule has 0 spiro atoms. The van der Waals surface area contributed by atoms with Crippen LogP contribution in [-0.2, 0) is 10.8 Å². The first-order valence-corrected chi connectivity index (χ1v) is 20.4. The molecule has 9 aromatic carbocycles. The molecule has 58 heavy (non-hydrogen) atoms. The fraction of sp³-hybridized carbons (Fsp3) is 0.0893. The average molecular weight is 741 g/mol. The van der Waals surface area contributed by atoms with Crippen LogP contribution in [-0.4, -0.2) is 9.78 Å². The van der Waals surface area contributed by atoms with Crippen molar-refractivity contribution < 1.29 is 0 Å². The van der Waals surface area contributed by atoms with Crippen LogP contribution in [0.15, 0.2) is 188 Å². The topological polar surface area (TPSA) is 17.8 Å². The first kappa shape index (κ1) is 33.1. The van der Waals surface area contributed by atoms with Crippen LogP contribution in [0.3, 0.4) is 0 Å². The molecule has 274 valence electrons. The van der Waals surface area contributed by atoms with Crippen LogP contribution < -0.4 is 0 Å². The third kappa shape index (κ3) is 4.46. The predicted molar refractivity (Wildman–Crippen MR) is 242 cm³/mol. The molecule has 2 aliphatic rings. The van der Waals surface area contributed by atoms with Gasteiger partial charge in [0, 0.05) is 21.6 Å². The van der Waals surface area contributed by atoms with E-state index in [1.54, 1.807) is 0 Å². The summed E-state index contributed by atoms with van der Waals surface area (Å²) in [6.07, 6.45) is 2.10. The van der Waals surface area contributed by atoms with Crippen LogP contribution in [0, 0.1) is 0 Å². The molecule has 0 amide bonds. The Hall–Kier alpha value is -7.03. The van der Waals surface area contributed by atoms with E-state index in [0.29, 0.717) is 0 Å². The maximum Gasteiger partial charge on any atom is 0.0822 e. The molecule has 10 aromatic rings. The molecule has 1 aromatic heterocycles. The third-order valence-corrected chi connectivity index (χ3v) is 13.5. The van der Waals surface area contributed by atoms with Crippen LogP contribution in [0.4, 0.5) is 0 Å². The molecular formula is C56H40N2. The molecular weight excluding hydrogens is 701 g/mol. The van der Waals surface area contributed by atoms with Crippen LogP contribution in [0.2, 0.25) is 0 Å². The number of aromatic nitrogens is 2. The lowest BCUT2D eigenvalue weighted by Crippen LogP contribution is -2.22. The number of hydrogen-bond donors (Lipinski definition) is 0. The minimum Gasteiger partial charge on any atom is -0.232 e. The Morgan fingerprint density at radius 3 is 1.81 bits per heavy atom. The summed E-state index contributed by atoms with van der Waals surface area (Å²) in [4.78, 5) is 0. The van der Waals surface area contributed by atoms with Crippen LogP contribution in [0.25, 0.3) is 82.6 Å². The molecule has 1 atom stereocenters. The second kappa shape index (κ2) is 12.0. The zero-order chi connectivity index (χ0) is 38.8. The highest BCUT2D eigenvalue weighted by atomic mass is 15.3. The van der Waals surface area contributed by atoms with Crippen molar-refractivity contribution in [2.45, 2.75) is 31.6 Å². The zero-order valence-corrected chi connectivity index (χ0v) is 32.8. The Bertz CT molecular complexity index is 3290. The lowest BCUT2D eigenvalue weighted by Gasteiger charge is -2.28. The van der Waals surface area contributed by atoms with Crippen molar-refractivity contribution in [3.8, 4) is 50.2 Å². The Balaban J connectivity index is 0.910. The quantitative estimate of drug-likeness (QED) is 0.176. The minimum absolute atomic E-state index is 0.173.